The minimum absolute atomic E-state index is 0.101. The highest BCUT2D eigenvalue weighted by molar-refractivity contribution is 6.74. The molecule has 0 unspecified atom stereocenters. The van der Waals surface area contributed by atoms with Crippen LogP contribution in [0.4, 0.5) is 4.79 Å². The molecule has 4 rings (SSSR count). The van der Waals surface area contributed by atoms with E-state index < -0.39 is 26.1 Å². The number of nitrogens with zero attached hydrogens (tertiary/aromatic N) is 1. The zero-order valence-electron chi connectivity index (χ0n) is 33.5. The van der Waals surface area contributed by atoms with Crippen molar-refractivity contribution in [2.24, 2.45) is 0 Å². The topological polar surface area (TPSA) is 116 Å². The molecule has 1 amide bonds. The van der Waals surface area contributed by atoms with Crippen molar-refractivity contribution in [3.63, 3.8) is 0 Å². The average molecular weight is 759 g/mol. The molecule has 0 saturated heterocycles. The Balaban J connectivity index is 1.54. The van der Waals surface area contributed by atoms with Crippen molar-refractivity contribution in [2.45, 2.75) is 104 Å². The molecule has 11 heteroatoms. The van der Waals surface area contributed by atoms with Crippen molar-refractivity contribution in [1.82, 2.24) is 9.88 Å². The lowest BCUT2D eigenvalue weighted by Crippen LogP contribution is -2.46. The number of aromatic nitrogens is 1. The van der Waals surface area contributed by atoms with Crippen molar-refractivity contribution < 1.29 is 33.0 Å². The van der Waals surface area contributed by atoms with Gasteiger partial charge in [-0.05, 0) is 99.3 Å². The molecule has 1 aromatic heterocycles. The summed E-state index contributed by atoms with van der Waals surface area (Å²) in [6, 6.07) is 24.0. The number of rotatable bonds is 17. The number of H-pyrrole nitrogens is 1. The second-order valence-electron chi connectivity index (χ2n) is 16.1. The molecule has 10 nitrogen and oxygen atoms in total. The molecule has 54 heavy (non-hydrogen) atoms. The van der Waals surface area contributed by atoms with E-state index in [1.165, 1.54) is 13.2 Å². The van der Waals surface area contributed by atoms with Crippen LogP contribution < -0.4 is 15.0 Å². The van der Waals surface area contributed by atoms with Crippen molar-refractivity contribution in [3.05, 3.63) is 106 Å². The summed E-state index contributed by atoms with van der Waals surface area (Å²) in [7, 11) is -1.02. The van der Waals surface area contributed by atoms with E-state index in [-0.39, 0.29) is 23.1 Å². The van der Waals surface area contributed by atoms with Crippen LogP contribution in [0.3, 0.4) is 0 Å². The zero-order valence-corrected chi connectivity index (χ0v) is 34.5. The Kier molecular flexibility index (Phi) is 14.5. The number of methoxy groups -OCH3 is 1. The number of hydrogen-bond donors (Lipinski definition) is 1. The van der Waals surface area contributed by atoms with Gasteiger partial charge in [0.15, 0.2) is 8.32 Å². The van der Waals surface area contributed by atoms with Crippen LogP contribution in [-0.2, 0) is 20.5 Å². The third-order valence-electron chi connectivity index (χ3n) is 9.62. The fraction of sp³-hybridized carbons (Fsp3) is 0.465. The number of carbonyl (C=O) groups is 2. The first-order valence-electron chi connectivity index (χ1n) is 18.8. The number of esters is 1. The molecule has 0 saturated carbocycles. The van der Waals surface area contributed by atoms with Gasteiger partial charge in [-0.15, -0.1) is 0 Å². The first kappa shape index (κ1) is 42.1. The van der Waals surface area contributed by atoms with Gasteiger partial charge in [0.05, 0.1) is 37.4 Å². The quantitative estimate of drug-likeness (QED) is 0.0643. The summed E-state index contributed by atoms with van der Waals surface area (Å²) in [5.41, 5.74) is 2.03. The highest BCUT2D eigenvalue weighted by atomic mass is 28.4. The zero-order chi connectivity index (χ0) is 39.5. The van der Waals surface area contributed by atoms with Gasteiger partial charge < -0.3 is 33.3 Å². The standard InChI is InChI=1S/C43H58N2O8Si/c1-42(2,3)52-41(48)45(27-15-10-11-16-28-50-33-21-19-32(20-22-33)40(47)49-7)29-37(53-54(8,9)43(4,5)6)34-23-25-36(39-35(34)24-26-38(46)44-39)51-30-31-17-13-12-14-18-31/h12-14,17-26,37H,10-11,15-16,27-30H2,1-9H3,(H,44,46)/t37-/m0/s1. The van der Waals surface area contributed by atoms with Crippen LogP contribution in [0, 0.1) is 0 Å². The Labute approximate surface area is 321 Å². The van der Waals surface area contributed by atoms with Gasteiger partial charge >= 0.3 is 12.1 Å². The summed E-state index contributed by atoms with van der Waals surface area (Å²) in [5.74, 6) is 0.873. The van der Waals surface area contributed by atoms with Crippen LogP contribution in [0.5, 0.6) is 11.5 Å². The molecule has 0 fully saturated rings. The Morgan fingerprint density at radius 2 is 1.50 bits per heavy atom. The lowest BCUT2D eigenvalue weighted by Gasteiger charge is -2.41. The number of unbranched alkanes of at least 4 members (excludes halogenated alkanes) is 3. The highest BCUT2D eigenvalue weighted by Gasteiger charge is 2.41. The smallest absolute Gasteiger partial charge is 0.410 e. The van der Waals surface area contributed by atoms with Gasteiger partial charge in [-0.2, -0.15) is 0 Å². The van der Waals surface area contributed by atoms with Crippen LogP contribution in [0.15, 0.2) is 83.7 Å². The normalized spacial score (nSPS) is 12.6. The number of carbonyl (C=O) groups excluding carboxylic acids is 2. The molecular weight excluding hydrogens is 701 g/mol. The lowest BCUT2D eigenvalue weighted by molar-refractivity contribution is 0.0153. The summed E-state index contributed by atoms with van der Waals surface area (Å²) in [6.07, 6.45) is 2.50. The van der Waals surface area contributed by atoms with Crippen LogP contribution in [0.2, 0.25) is 18.1 Å². The highest BCUT2D eigenvalue weighted by Crippen LogP contribution is 2.42. The number of nitrogens with one attached hydrogen (secondary N) is 1. The number of hydrogen-bond acceptors (Lipinski definition) is 8. The summed E-state index contributed by atoms with van der Waals surface area (Å²) >= 11 is 0. The summed E-state index contributed by atoms with van der Waals surface area (Å²) < 4.78 is 30.0. The van der Waals surface area contributed by atoms with Crippen LogP contribution in [-0.4, -0.2) is 62.7 Å². The Morgan fingerprint density at radius 3 is 2.15 bits per heavy atom. The third kappa shape index (κ3) is 12.2. The predicted molar refractivity (Wildman–Crippen MR) is 216 cm³/mol. The van der Waals surface area contributed by atoms with E-state index in [1.807, 2.05) is 69.3 Å². The van der Waals surface area contributed by atoms with Gasteiger partial charge in [-0.25, -0.2) is 9.59 Å². The molecule has 1 heterocycles. The number of aromatic amines is 1. The van der Waals surface area contributed by atoms with Gasteiger partial charge in [0, 0.05) is 18.0 Å². The first-order valence-corrected chi connectivity index (χ1v) is 21.7. The molecule has 4 aromatic rings. The van der Waals surface area contributed by atoms with E-state index in [0.717, 1.165) is 42.2 Å². The Bertz CT molecular complexity index is 1880. The first-order chi connectivity index (χ1) is 25.5. The van der Waals surface area contributed by atoms with Gasteiger partial charge in [0.1, 0.15) is 23.7 Å². The molecular formula is C43H58N2O8Si. The lowest BCUT2D eigenvalue weighted by atomic mass is 10.0. The van der Waals surface area contributed by atoms with Gasteiger partial charge in [0.2, 0.25) is 5.56 Å². The number of amides is 1. The second kappa shape index (κ2) is 18.6. The molecule has 3 aromatic carbocycles. The molecule has 1 N–H and O–H groups in total. The summed E-state index contributed by atoms with van der Waals surface area (Å²) in [5, 5.41) is 0.698. The van der Waals surface area contributed by atoms with Crippen molar-refractivity contribution >= 4 is 31.3 Å². The Hall–Kier alpha value is -4.61. The fourth-order valence-electron chi connectivity index (χ4n) is 5.65. The SMILES string of the molecule is COC(=O)c1ccc(OCCCCCCN(C[C@H](O[Si](C)(C)C(C)(C)C)c2ccc(OCc3ccccc3)c3[nH]c(=O)ccc23)C(=O)OC(C)(C)C)cc1. The second-order valence-corrected chi connectivity index (χ2v) is 20.9. The maximum Gasteiger partial charge on any atom is 0.410 e. The largest absolute Gasteiger partial charge is 0.494 e. The summed E-state index contributed by atoms with van der Waals surface area (Å²) in [4.78, 5) is 42.9. The van der Waals surface area contributed by atoms with Gasteiger partial charge in [-0.1, -0.05) is 70.0 Å². The van der Waals surface area contributed by atoms with Gasteiger partial charge in [-0.3, -0.25) is 4.79 Å². The predicted octanol–water partition coefficient (Wildman–Crippen LogP) is 9.83. The average Bonchev–Trinajstić information content (AvgIpc) is 3.11. The van der Waals surface area contributed by atoms with Crippen molar-refractivity contribution in [2.75, 3.05) is 26.8 Å². The molecule has 0 aliphatic carbocycles. The van der Waals surface area contributed by atoms with E-state index in [0.29, 0.717) is 42.3 Å². The van der Waals surface area contributed by atoms with E-state index in [4.69, 9.17) is 23.4 Å². The molecule has 0 aliphatic heterocycles. The molecule has 0 radical (unpaired) electrons. The molecule has 0 aliphatic rings. The number of ether oxygens (including phenoxy) is 4. The molecule has 1 atom stereocenters. The van der Waals surface area contributed by atoms with E-state index in [9.17, 15) is 14.4 Å². The van der Waals surface area contributed by atoms with E-state index >= 15 is 0 Å². The maximum absolute atomic E-state index is 13.8. The van der Waals surface area contributed by atoms with Crippen molar-refractivity contribution in [1.29, 1.82) is 0 Å². The van der Waals surface area contributed by atoms with E-state index in [2.05, 4.69) is 38.8 Å². The van der Waals surface area contributed by atoms with Crippen molar-refractivity contribution in [3.8, 4) is 11.5 Å². The molecule has 292 valence electrons. The number of fused-ring (bicyclic) bond motifs is 1. The maximum atomic E-state index is 13.8. The van der Waals surface area contributed by atoms with Crippen LogP contribution in [0.25, 0.3) is 10.9 Å². The third-order valence-corrected chi connectivity index (χ3v) is 14.1. The molecule has 0 bridgehead atoms. The van der Waals surface area contributed by atoms with E-state index in [1.54, 1.807) is 29.2 Å². The monoisotopic (exact) mass is 758 g/mol. The summed E-state index contributed by atoms with van der Waals surface area (Å²) in [6.45, 7) is 18.2. The minimum Gasteiger partial charge on any atom is -0.494 e. The van der Waals surface area contributed by atoms with Gasteiger partial charge in [0.25, 0.3) is 0 Å². The minimum atomic E-state index is -2.38. The fourth-order valence-corrected chi connectivity index (χ4v) is 6.92. The van der Waals surface area contributed by atoms with Crippen LogP contribution in [0.1, 0.15) is 94.8 Å². The Morgan fingerprint density at radius 1 is 0.815 bits per heavy atom. The van der Waals surface area contributed by atoms with Crippen LogP contribution >= 0.6 is 0 Å². The molecule has 0 spiro atoms. The number of benzene rings is 3. The number of pyridine rings is 1.